The average Bonchev–Trinajstić information content (AvgIpc) is 1.88. The number of para-hydroxylation sites is 1. The zero-order valence-electron chi connectivity index (χ0n) is 5.49. The first-order chi connectivity index (χ1) is 4.72. The van der Waals surface area contributed by atoms with Gasteiger partial charge in [0.15, 0.2) is 0 Å². The van der Waals surface area contributed by atoms with Crippen LogP contribution in [0.5, 0.6) is 5.75 Å². The molecule has 11 heavy (non-hydrogen) atoms. The average molecular weight is 193 g/mol. The van der Waals surface area contributed by atoms with Crippen LogP contribution >= 0.6 is 0 Å². The Bertz CT molecular complexity index is 260. The maximum atomic E-state index is 10.3. The number of hydrogen-bond acceptors (Lipinski definition) is 2. The first kappa shape index (κ1) is 10.0. The second kappa shape index (κ2) is 4.01. The van der Waals surface area contributed by atoms with Gasteiger partial charge in [-0.25, -0.2) is 4.79 Å². The molecule has 0 saturated heterocycles. The van der Waals surface area contributed by atoms with Crippen molar-refractivity contribution >= 4 is 5.97 Å². The number of carboxylic acid groups (broad SMARTS) is 1. The second-order valence-corrected chi connectivity index (χ2v) is 1.82. The summed E-state index contributed by atoms with van der Waals surface area (Å²) < 4.78 is 0. The molecule has 0 aliphatic carbocycles. The van der Waals surface area contributed by atoms with Gasteiger partial charge in [0.1, 0.15) is 11.3 Å². The van der Waals surface area contributed by atoms with E-state index in [0.29, 0.717) is 0 Å². The normalized spacial score (nSPS) is 8.36. The van der Waals surface area contributed by atoms with E-state index in [0.717, 1.165) is 0 Å². The van der Waals surface area contributed by atoms with Crippen molar-refractivity contribution in [2.75, 3.05) is 0 Å². The van der Waals surface area contributed by atoms with Crippen LogP contribution in [0.25, 0.3) is 0 Å². The molecule has 0 aliphatic heterocycles. The molecule has 3 nitrogen and oxygen atoms in total. The third-order valence-electron chi connectivity index (χ3n) is 1.13. The first-order valence-corrected chi connectivity index (χ1v) is 2.73. The number of aromatic hydroxyl groups is 1. The molecule has 0 unspecified atom stereocenters. The van der Waals surface area contributed by atoms with Crippen LogP contribution in [-0.4, -0.2) is 16.2 Å². The van der Waals surface area contributed by atoms with E-state index in [1.54, 1.807) is 12.1 Å². The Morgan fingerprint density at radius 3 is 2.18 bits per heavy atom. The van der Waals surface area contributed by atoms with Crippen molar-refractivity contribution in [3.05, 3.63) is 29.8 Å². The first-order valence-electron chi connectivity index (χ1n) is 2.73. The predicted octanol–water partition coefficient (Wildman–Crippen LogP) is 1.09. The van der Waals surface area contributed by atoms with Gasteiger partial charge in [0, 0.05) is 17.1 Å². The van der Waals surface area contributed by atoms with Gasteiger partial charge in [-0.05, 0) is 12.1 Å². The standard InChI is InChI=1S/C7H6O3.Mn/c8-6-4-2-1-3-5(6)7(9)10;/h1-4,8H,(H,9,10);. The van der Waals surface area contributed by atoms with Crippen molar-refractivity contribution in [1.82, 2.24) is 0 Å². The van der Waals surface area contributed by atoms with Crippen molar-refractivity contribution in [1.29, 1.82) is 0 Å². The Labute approximate surface area is 74.1 Å². The number of carboxylic acids is 1. The molecule has 0 saturated carbocycles. The van der Waals surface area contributed by atoms with Crippen LogP contribution in [0, 0.1) is 0 Å². The fourth-order valence-corrected chi connectivity index (χ4v) is 0.654. The summed E-state index contributed by atoms with van der Waals surface area (Å²) in [6, 6.07) is 5.81. The molecular weight excluding hydrogens is 187 g/mol. The van der Waals surface area contributed by atoms with E-state index >= 15 is 0 Å². The molecule has 0 bridgehead atoms. The Morgan fingerprint density at radius 1 is 1.27 bits per heavy atom. The number of benzene rings is 1. The largest absolute Gasteiger partial charge is 0.507 e. The van der Waals surface area contributed by atoms with Gasteiger partial charge in [0.25, 0.3) is 0 Å². The van der Waals surface area contributed by atoms with Gasteiger partial charge in [-0.1, -0.05) is 12.1 Å². The van der Waals surface area contributed by atoms with Crippen LogP contribution < -0.4 is 0 Å². The van der Waals surface area contributed by atoms with Crippen molar-refractivity contribution < 1.29 is 32.1 Å². The summed E-state index contributed by atoms with van der Waals surface area (Å²) in [4.78, 5) is 10.3. The van der Waals surface area contributed by atoms with Crippen LogP contribution in [0.15, 0.2) is 24.3 Å². The molecule has 0 aromatic heterocycles. The van der Waals surface area contributed by atoms with E-state index in [4.69, 9.17) is 10.2 Å². The Hall–Kier alpha value is -0.991. The minimum Gasteiger partial charge on any atom is -0.507 e. The van der Waals surface area contributed by atoms with Crippen LogP contribution in [0.1, 0.15) is 10.4 Å². The van der Waals surface area contributed by atoms with Crippen molar-refractivity contribution in [3.8, 4) is 5.75 Å². The Balaban J connectivity index is 0.000001000. The molecule has 0 spiro atoms. The van der Waals surface area contributed by atoms with Crippen molar-refractivity contribution in [3.63, 3.8) is 0 Å². The molecule has 2 N–H and O–H groups in total. The zero-order valence-corrected chi connectivity index (χ0v) is 6.67. The Kier molecular flexibility index (Phi) is 3.65. The van der Waals surface area contributed by atoms with Crippen LogP contribution in [-0.2, 0) is 17.1 Å². The number of phenols is 1. The molecule has 0 amide bonds. The van der Waals surface area contributed by atoms with Gasteiger partial charge in [-0.3, -0.25) is 0 Å². The van der Waals surface area contributed by atoms with E-state index in [9.17, 15) is 4.79 Å². The second-order valence-electron chi connectivity index (χ2n) is 1.82. The zero-order chi connectivity index (χ0) is 7.56. The number of carbonyl (C=O) groups is 1. The minimum absolute atomic E-state index is 0. The maximum Gasteiger partial charge on any atom is 0.339 e. The fraction of sp³-hybridized carbons (Fsp3) is 0. The van der Waals surface area contributed by atoms with Gasteiger partial charge in [-0.2, -0.15) is 0 Å². The maximum absolute atomic E-state index is 10.3. The van der Waals surface area contributed by atoms with Crippen molar-refractivity contribution in [2.24, 2.45) is 0 Å². The number of hydrogen-bond donors (Lipinski definition) is 2. The summed E-state index contributed by atoms with van der Waals surface area (Å²) in [6.45, 7) is 0. The fourth-order valence-electron chi connectivity index (χ4n) is 0.654. The van der Waals surface area contributed by atoms with Gasteiger partial charge >= 0.3 is 5.97 Å². The molecule has 1 rings (SSSR count). The smallest absolute Gasteiger partial charge is 0.339 e. The summed E-state index contributed by atoms with van der Waals surface area (Å²) in [5.74, 6) is -1.31. The number of aromatic carboxylic acids is 1. The summed E-state index contributed by atoms with van der Waals surface area (Å²) in [7, 11) is 0. The Morgan fingerprint density at radius 2 is 1.82 bits per heavy atom. The van der Waals surface area contributed by atoms with Crippen LogP contribution in [0.4, 0.5) is 0 Å². The molecule has 0 atom stereocenters. The summed E-state index contributed by atoms with van der Waals surface area (Å²) in [6.07, 6.45) is 0. The molecule has 0 aliphatic rings. The van der Waals surface area contributed by atoms with E-state index < -0.39 is 5.97 Å². The van der Waals surface area contributed by atoms with Gasteiger partial charge < -0.3 is 10.2 Å². The minimum atomic E-state index is -1.11. The van der Waals surface area contributed by atoms with Crippen molar-refractivity contribution in [2.45, 2.75) is 0 Å². The van der Waals surface area contributed by atoms with Crippen LogP contribution in [0.3, 0.4) is 0 Å². The third-order valence-corrected chi connectivity index (χ3v) is 1.13. The van der Waals surface area contributed by atoms with E-state index in [-0.39, 0.29) is 28.4 Å². The van der Waals surface area contributed by atoms with E-state index in [2.05, 4.69) is 0 Å². The molecule has 59 valence electrons. The van der Waals surface area contributed by atoms with Gasteiger partial charge in [-0.15, -0.1) is 0 Å². The van der Waals surface area contributed by atoms with E-state index in [1.807, 2.05) is 0 Å². The summed E-state index contributed by atoms with van der Waals surface area (Å²) in [5, 5.41) is 17.3. The topological polar surface area (TPSA) is 57.5 Å². The molecule has 0 fully saturated rings. The summed E-state index contributed by atoms with van der Waals surface area (Å²) in [5.41, 5.74) is -0.0671. The molecule has 1 aromatic rings. The van der Waals surface area contributed by atoms with Gasteiger partial charge in [0.2, 0.25) is 0 Å². The number of rotatable bonds is 1. The molecule has 4 heteroatoms. The van der Waals surface area contributed by atoms with E-state index in [1.165, 1.54) is 12.1 Å². The predicted molar refractivity (Wildman–Crippen MR) is 35.1 cm³/mol. The molecular formula is C7H6MnO3. The SMILES string of the molecule is O=C(O)c1ccccc1O.[Mn]. The molecule has 0 heterocycles. The molecule has 1 aromatic carbocycles. The van der Waals surface area contributed by atoms with Crippen LogP contribution in [0.2, 0.25) is 0 Å². The molecule has 1 radical (unpaired) electrons. The third kappa shape index (κ3) is 2.26. The monoisotopic (exact) mass is 193 g/mol. The quantitative estimate of drug-likeness (QED) is 0.656. The summed E-state index contributed by atoms with van der Waals surface area (Å²) >= 11 is 0. The van der Waals surface area contributed by atoms with Gasteiger partial charge in [0.05, 0.1) is 0 Å².